The number of Topliss-reactive ketones (excluding diaryl/α,β-unsaturated/α-hetero) is 1. The van der Waals surface area contributed by atoms with Crippen LogP contribution >= 0.6 is 0 Å². The van der Waals surface area contributed by atoms with Crippen molar-refractivity contribution in [3.05, 3.63) is 54.4 Å². The number of ketones is 1. The summed E-state index contributed by atoms with van der Waals surface area (Å²) in [5.74, 6) is -0.0641. The molecular formula is C20H23N3O3. The monoisotopic (exact) mass is 353 g/mol. The molecule has 3 rings (SSSR count). The Morgan fingerprint density at radius 3 is 2.35 bits per heavy atom. The summed E-state index contributed by atoms with van der Waals surface area (Å²) < 4.78 is 5.76. The third-order valence-electron chi connectivity index (χ3n) is 4.53. The number of hydrogen-bond acceptors (Lipinski definition) is 5. The lowest BCUT2D eigenvalue weighted by Crippen LogP contribution is -2.39. The summed E-state index contributed by atoms with van der Waals surface area (Å²) in [4.78, 5) is 32.3. The molecule has 0 unspecified atom stereocenters. The number of aromatic nitrogens is 2. The zero-order valence-electron chi connectivity index (χ0n) is 14.6. The number of carbonyl (C=O) groups excluding carboxylic acids is 2. The lowest BCUT2D eigenvalue weighted by molar-refractivity contribution is -0.122. The van der Waals surface area contributed by atoms with Gasteiger partial charge in [0.1, 0.15) is 6.10 Å². The second-order valence-electron chi connectivity index (χ2n) is 6.48. The van der Waals surface area contributed by atoms with Crippen molar-refractivity contribution in [3.63, 3.8) is 0 Å². The Kier molecular flexibility index (Phi) is 6.30. The van der Waals surface area contributed by atoms with Gasteiger partial charge < -0.3 is 10.1 Å². The lowest BCUT2D eigenvalue weighted by Gasteiger charge is -2.28. The Balaban J connectivity index is 1.36. The van der Waals surface area contributed by atoms with Crippen molar-refractivity contribution >= 4 is 11.7 Å². The van der Waals surface area contributed by atoms with Crippen LogP contribution in [0.2, 0.25) is 0 Å². The van der Waals surface area contributed by atoms with Crippen molar-refractivity contribution < 1.29 is 14.3 Å². The fourth-order valence-electron chi connectivity index (χ4n) is 3.12. The summed E-state index contributed by atoms with van der Waals surface area (Å²) >= 11 is 0. The zero-order valence-corrected chi connectivity index (χ0v) is 14.6. The highest BCUT2D eigenvalue weighted by atomic mass is 16.5. The fourth-order valence-corrected chi connectivity index (χ4v) is 3.12. The van der Waals surface area contributed by atoms with Gasteiger partial charge >= 0.3 is 6.01 Å². The van der Waals surface area contributed by atoms with Crippen LogP contribution in [-0.2, 0) is 4.79 Å². The van der Waals surface area contributed by atoms with Crippen molar-refractivity contribution in [2.24, 2.45) is 0 Å². The van der Waals surface area contributed by atoms with Crippen LogP contribution in [0.25, 0.3) is 0 Å². The Labute approximate surface area is 153 Å². The number of nitrogens with one attached hydrogen (secondary N) is 1. The minimum atomic E-state index is -0.0648. The number of amides is 1. The largest absolute Gasteiger partial charge is 0.460 e. The molecule has 136 valence electrons. The predicted octanol–water partition coefficient (Wildman–Crippen LogP) is 2.95. The van der Waals surface area contributed by atoms with Gasteiger partial charge in [-0.15, -0.1) is 0 Å². The molecule has 1 aliphatic rings. The molecule has 1 fully saturated rings. The van der Waals surface area contributed by atoms with Crippen LogP contribution in [0.4, 0.5) is 0 Å². The van der Waals surface area contributed by atoms with E-state index < -0.39 is 0 Å². The molecule has 0 radical (unpaired) electrons. The van der Waals surface area contributed by atoms with Gasteiger partial charge in [-0.25, -0.2) is 9.97 Å². The van der Waals surface area contributed by atoms with Gasteiger partial charge in [-0.3, -0.25) is 9.59 Å². The van der Waals surface area contributed by atoms with E-state index in [-0.39, 0.29) is 36.7 Å². The van der Waals surface area contributed by atoms with Gasteiger partial charge in [0.05, 0.1) is 0 Å². The van der Waals surface area contributed by atoms with Crippen molar-refractivity contribution in [1.82, 2.24) is 15.3 Å². The van der Waals surface area contributed by atoms with E-state index in [2.05, 4.69) is 15.3 Å². The molecule has 0 atom stereocenters. The standard InChI is InChI=1S/C20H23N3O3/c24-18(15-5-2-1-3-6-15)11-12-19(25)23-16-7-9-17(10-8-16)26-20-21-13-4-14-22-20/h1-6,13-14,16-17H,7-12H2,(H,23,25). The van der Waals surface area contributed by atoms with Crippen LogP contribution in [0, 0.1) is 0 Å². The molecule has 0 saturated heterocycles. The summed E-state index contributed by atoms with van der Waals surface area (Å²) in [5.41, 5.74) is 0.654. The van der Waals surface area contributed by atoms with E-state index in [9.17, 15) is 9.59 Å². The highest BCUT2D eigenvalue weighted by molar-refractivity contribution is 5.97. The molecule has 1 aromatic heterocycles. The maximum Gasteiger partial charge on any atom is 0.316 e. The van der Waals surface area contributed by atoms with Gasteiger partial charge in [0.2, 0.25) is 5.91 Å². The summed E-state index contributed by atoms with van der Waals surface area (Å²) in [6.45, 7) is 0. The molecule has 1 amide bonds. The first-order valence-electron chi connectivity index (χ1n) is 9.02. The number of rotatable bonds is 7. The minimum absolute atomic E-state index is 0.000666. The number of hydrogen-bond donors (Lipinski definition) is 1. The van der Waals surface area contributed by atoms with Gasteiger partial charge in [-0.1, -0.05) is 30.3 Å². The van der Waals surface area contributed by atoms with Crippen LogP contribution in [0.3, 0.4) is 0 Å². The van der Waals surface area contributed by atoms with Crippen LogP contribution < -0.4 is 10.1 Å². The van der Waals surface area contributed by atoms with E-state index in [1.165, 1.54) is 0 Å². The Morgan fingerprint density at radius 1 is 0.962 bits per heavy atom. The van der Waals surface area contributed by atoms with E-state index >= 15 is 0 Å². The topological polar surface area (TPSA) is 81.2 Å². The molecule has 1 aromatic carbocycles. The molecule has 0 aliphatic heterocycles. The first-order chi connectivity index (χ1) is 12.7. The summed E-state index contributed by atoms with van der Waals surface area (Å²) in [6.07, 6.45) is 7.28. The number of carbonyl (C=O) groups is 2. The van der Waals surface area contributed by atoms with Crippen LogP contribution in [0.5, 0.6) is 6.01 Å². The summed E-state index contributed by atoms with van der Waals surface area (Å²) in [6, 6.07) is 11.4. The van der Waals surface area contributed by atoms with Gasteiger partial charge in [0, 0.05) is 36.8 Å². The first kappa shape index (κ1) is 18.0. The zero-order chi connectivity index (χ0) is 18.2. The number of ether oxygens (including phenoxy) is 1. The highest BCUT2D eigenvalue weighted by Gasteiger charge is 2.24. The molecule has 1 N–H and O–H groups in total. The van der Waals surface area contributed by atoms with Crippen molar-refractivity contribution in [1.29, 1.82) is 0 Å². The molecule has 1 aliphatic carbocycles. The average Bonchev–Trinajstić information content (AvgIpc) is 2.69. The summed E-state index contributed by atoms with van der Waals surface area (Å²) in [5, 5.41) is 3.03. The van der Waals surface area contributed by atoms with Crippen LogP contribution in [0.1, 0.15) is 48.9 Å². The minimum Gasteiger partial charge on any atom is -0.460 e. The van der Waals surface area contributed by atoms with Gasteiger partial charge in [0.15, 0.2) is 5.78 Å². The Hall–Kier alpha value is -2.76. The maximum atomic E-state index is 12.1. The smallest absolute Gasteiger partial charge is 0.316 e. The fraction of sp³-hybridized carbons (Fsp3) is 0.400. The molecule has 26 heavy (non-hydrogen) atoms. The van der Waals surface area contributed by atoms with E-state index in [0.717, 1.165) is 25.7 Å². The SMILES string of the molecule is O=C(CCC(=O)c1ccccc1)NC1CCC(Oc2ncccn2)CC1. The third-order valence-corrected chi connectivity index (χ3v) is 4.53. The second-order valence-corrected chi connectivity index (χ2v) is 6.48. The van der Waals surface area contributed by atoms with Crippen molar-refractivity contribution in [2.45, 2.75) is 50.7 Å². The van der Waals surface area contributed by atoms with Crippen LogP contribution in [0.15, 0.2) is 48.8 Å². The van der Waals surface area contributed by atoms with Crippen molar-refractivity contribution in [3.8, 4) is 6.01 Å². The summed E-state index contributed by atoms with van der Waals surface area (Å²) in [7, 11) is 0. The Bertz CT molecular complexity index is 714. The quantitative estimate of drug-likeness (QED) is 0.774. The van der Waals surface area contributed by atoms with E-state index in [4.69, 9.17) is 4.74 Å². The second kappa shape index (κ2) is 9.08. The van der Waals surface area contributed by atoms with Gasteiger partial charge in [-0.2, -0.15) is 0 Å². The van der Waals surface area contributed by atoms with E-state index in [1.807, 2.05) is 18.2 Å². The van der Waals surface area contributed by atoms with Crippen molar-refractivity contribution in [2.75, 3.05) is 0 Å². The predicted molar refractivity (Wildman–Crippen MR) is 96.9 cm³/mol. The molecule has 6 heteroatoms. The highest BCUT2D eigenvalue weighted by Crippen LogP contribution is 2.22. The number of benzene rings is 1. The molecule has 2 aromatic rings. The molecule has 0 bridgehead atoms. The van der Waals surface area contributed by atoms with E-state index in [0.29, 0.717) is 11.6 Å². The van der Waals surface area contributed by atoms with Gasteiger partial charge in [0.25, 0.3) is 0 Å². The van der Waals surface area contributed by atoms with E-state index in [1.54, 1.807) is 30.6 Å². The molecular weight excluding hydrogens is 330 g/mol. The Morgan fingerprint density at radius 2 is 1.65 bits per heavy atom. The van der Waals surface area contributed by atoms with Crippen LogP contribution in [-0.4, -0.2) is 33.8 Å². The molecule has 0 spiro atoms. The average molecular weight is 353 g/mol. The normalized spacial score (nSPS) is 19.5. The third kappa shape index (κ3) is 5.37. The maximum absolute atomic E-state index is 12.1. The first-order valence-corrected chi connectivity index (χ1v) is 9.02. The molecule has 1 heterocycles. The molecule has 1 saturated carbocycles. The lowest BCUT2D eigenvalue weighted by atomic mass is 9.93. The number of nitrogens with zero attached hydrogens (tertiary/aromatic N) is 2. The molecule has 6 nitrogen and oxygen atoms in total. The van der Waals surface area contributed by atoms with Gasteiger partial charge in [-0.05, 0) is 31.7 Å².